The second-order valence-corrected chi connectivity index (χ2v) is 11.2. The molecule has 0 aliphatic carbocycles. The molecular weight excluding hydrogens is 526 g/mol. The number of hydrogen-bond donors (Lipinski definition) is 5. The largest absolute Gasteiger partial charge is 0.479 e. The van der Waals surface area contributed by atoms with Crippen LogP contribution in [-0.4, -0.2) is 121 Å². The molecule has 2 amide bonds. The highest BCUT2D eigenvalue weighted by Crippen LogP contribution is 2.39. The molecule has 0 aliphatic rings. The molecule has 0 radical (unpaired) electrons. The lowest BCUT2D eigenvalue weighted by molar-refractivity contribution is -0.180. The van der Waals surface area contributed by atoms with E-state index in [9.17, 15) is 49.2 Å². The monoisotopic (exact) mass is 573 g/mol. The van der Waals surface area contributed by atoms with Crippen molar-refractivity contribution >= 4 is 35.1 Å². The van der Waals surface area contributed by atoms with Crippen molar-refractivity contribution in [1.82, 2.24) is 15.1 Å². The number of carbonyl (C=O) groups is 6. The smallest absolute Gasteiger partial charge is 0.343 e. The number of likely N-dealkylation sites (N-methyl/N-ethyl adjacent to an activating group) is 3. The molecular formula is C27H47N3O10. The Morgan fingerprint density at radius 3 is 1.57 bits per heavy atom. The Labute approximate surface area is 235 Å². The van der Waals surface area contributed by atoms with Gasteiger partial charge in [-0.25, -0.2) is 4.79 Å². The summed E-state index contributed by atoms with van der Waals surface area (Å²) in [6.07, 6.45) is -3.30. The van der Waals surface area contributed by atoms with E-state index in [0.29, 0.717) is 16.7 Å². The van der Waals surface area contributed by atoms with Crippen LogP contribution in [0, 0.1) is 11.8 Å². The molecule has 0 unspecified atom stereocenters. The van der Waals surface area contributed by atoms with Crippen molar-refractivity contribution in [2.45, 2.75) is 103 Å². The molecule has 13 heteroatoms. The fraction of sp³-hybridized carbons (Fsp3) is 0.778. The van der Waals surface area contributed by atoms with Gasteiger partial charge in [-0.2, -0.15) is 0 Å². The van der Waals surface area contributed by atoms with Crippen LogP contribution in [-0.2, 0) is 28.8 Å². The van der Waals surface area contributed by atoms with E-state index in [2.05, 4.69) is 5.32 Å². The van der Waals surface area contributed by atoms with Gasteiger partial charge in [0.05, 0.1) is 6.04 Å². The number of hydrogen-bond acceptors (Lipinski definition) is 10. The molecule has 230 valence electrons. The Hall–Kier alpha value is -2.74. The van der Waals surface area contributed by atoms with E-state index in [0.717, 1.165) is 34.9 Å². The van der Waals surface area contributed by atoms with E-state index >= 15 is 0 Å². The Bertz CT molecular complexity index is 993. The van der Waals surface area contributed by atoms with Gasteiger partial charge in [0.15, 0.2) is 22.6 Å². The summed E-state index contributed by atoms with van der Waals surface area (Å²) in [5.74, 6) is -9.46. The molecule has 0 rings (SSSR count). The van der Waals surface area contributed by atoms with Crippen LogP contribution in [0.1, 0.15) is 68.2 Å². The third kappa shape index (κ3) is 6.59. The van der Waals surface area contributed by atoms with Crippen molar-refractivity contribution < 1.29 is 49.2 Å². The van der Waals surface area contributed by atoms with Gasteiger partial charge < -0.3 is 35.5 Å². The number of nitrogens with one attached hydrogen (secondary N) is 1. The van der Waals surface area contributed by atoms with Crippen molar-refractivity contribution in [3.8, 4) is 0 Å². The number of aliphatic hydroxyl groups is 3. The lowest BCUT2D eigenvalue weighted by Crippen LogP contribution is -2.78. The minimum absolute atomic E-state index is 0.0373. The molecule has 0 spiro atoms. The first-order chi connectivity index (χ1) is 18.0. The maximum Gasteiger partial charge on any atom is 0.343 e. The number of amides is 2. The Morgan fingerprint density at radius 1 is 0.825 bits per heavy atom. The standard InChI is InChI=1S/C27H47N3O10/c1-12-15(4)27(30(11)21(35)17(6)32,23(37)26(8,40)24(38)39)22(36)25(7,29(10)20(34)16(5)31)19(33)18(28-9)13-14(2)3/h14-18,28,31-32,40H,12-13H2,1-11H3,(H,38,39)/t15-,16-,17-,18+,25-,26+,27-/m1/s1. The van der Waals surface area contributed by atoms with E-state index in [1.807, 2.05) is 13.8 Å². The molecule has 0 aromatic rings. The minimum Gasteiger partial charge on any atom is -0.479 e. The predicted octanol–water partition coefficient (Wildman–Crippen LogP) is -0.615. The number of rotatable bonds is 16. The first-order valence-corrected chi connectivity index (χ1v) is 13.2. The summed E-state index contributed by atoms with van der Waals surface area (Å²) >= 11 is 0. The van der Waals surface area contributed by atoms with Gasteiger partial charge in [-0.3, -0.25) is 24.0 Å². The maximum absolute atomic E-state index is 15.0. The zero-order chi connectivity index (χ0) is 32.1. The highest BCUT2D eigenvalue weighted by atomic mass is 16.4. The predicted molar refractivity (Wildman–Crippen MR) is 145 cm³/mol. The van der Waals surface area contributed by atoms with Gasteiger partial charge in [0.25, 0.3) is 11.8 Å². The zero-order valence-corrected chi connectivity index (χ0v) is 25.4. The van der Waals surface area contributed by atoms with Crippen molar-refractivity contribution in [1.29, 1.82) is 0 Å². The third-order valence-corrected chi connectivity index (χ3v) is 7.75. The fourth-order valence-corrected chi connectivity index (χ4v) is 4.87. The molecule has 0 fully saturated rings. The summed E-state index contributed by atoms with van der Waals surface area (Å²) in [5, 5.41) is 43.6. The van der Waals surface area contributed by atoms with Gasteiger partial charge in [-0.05, 0) is 53.0 Å². The Balaban J connectivity index is 8.13. The average molecular weight is 574 g/mol. The first-order valence-electron chi connectivity index (χ1n) is 13.2. The van der Waals surface area contributed by atoms with Gasteiger partial charge in [0, 0.05) is 14.1 Å². The number of carbonyl (C=O) groups excluding carboxylic acids is 5. The van der Waals surface area contributed by atoms with E-state index in [1.54, 1.807) is 0 Å². The van der Waals surface area contributed by atoms with Crippen LogP contribution in [0.3, 0.4) is 0 Å². The van der Waals surface area contributed by atoms with Gasteiger partial charge >= 0.3 is 5.97 Å². The number of Topliss-reactive ketones (excluding diaryl/α,β-unsaturated/α-hetero) is 3. The van der Waals surface area contributed by atoms with Crippen molar-refractivity contribution in [2.24, 2.45) is 11.8 Å². The topological polar surface area (TPSA) is 202 Å². The van der Waals surface area contributed by atoms with Crippen LogP contribution in [0.4, 0.5) is 0 Å². The van der Waals surface area contributed by atoms with Crippen molar-refractivity contribution in [3.05, 3.63) is 0 Å². The summed E-state index contributed by atoms with van der Waals surface area (Å²) in [6, 6.07) is -1.05. The third-order valence-electron chi connectivity index (χ3n) is 7.75. The summed E-state index contributed by atoms with van der Waals surface area (Å²) in [4.78, 5) is 82.9. The lowest BCUT2D eigenvalue weighted by Gasteiger charge is -2.51. The molecule has 0 saturated heterocycles. The number of carboxylic acid groups (broad SMARTS) is 1. The van der Waals surface area contributed by atoms with Crippen molar-refractivity contribution in [3.63, 3.8) is 0 Å². The molecule has 5 N–H and O–H groups in total. The van der Waals surface area contributed by atoms with Gasteiger partial charge in [0.2, 0.25) is 11.4 Å². The second-order valence-electron chi connectivity index (χ2n) is 11.2. The normalized spacial score (nSPS) is 19.2. The van der Waals surface area contributed by atoms with E-state index in [-0.39, 0.29) is 18.8 Å². The quantitative estimate of drug-likeness (QED) is 0.147. The van der Waals surface area contributed by atoms with E-state index in [1.165, 1.54) is 20.9 Å². The van der Waals surface area contributed by atoms with E-state index in [4.69, 9.17) is 0 Å². The van der Waals surface area contributed by atoms with Crippen molar-refractivity contribution in [2.75, 3.05) is 21.1 Å². The first kappa shape index (κ1) is 37.3. The lowest BCUT2D eigenvalue weighted by atomic mass is 9.64. The molecule has 0 aromatic heterocycles. The molecule has 0 saturated carbocycles. The maximum atomic E-state index is 15.0. The summed E-state index contributed by atoms with van der Waals surface area (Å²) in [6.45, 7) is 10.4. The number of ketones is 3. The molecule has 0 aliphatic heterocycles. The van der Waals surface area contributed by atoms with Crippen LogP contribution in [0.2, 0.25) is 0 Å². The van der Waals surface area contributed by atoms with Gasteiger partial charge in [0.1, 0.15) is 12.2 Å². The Morgan fingerprint density at radius 2 is 1.25 bits per heavy atom. The molecule has 13 nitrogen and oxygen atoms in total. The second kappa shape index (κ2) is 13.7. The summed E-state index contributed by atoms with van der Waals surface area (Å²) < 4.78 is 0. The molecule has 7 atom stereocenters. The number of nitrogens with zero attached hydrogens (tertiary/aromatic N) is 2. The molecule has 40 heavy (non-hydrogen) atoms. The van der Waals surface area contributed by atoms with Crippen LogP contribution in [0.15, 0.2) is 0 Å². The number of aliphatic carboxylic acids is 1. The van der Waals surface area contributed by atoms with Crippen LogP contribution < -0.4 is 5.32 Å². The number of aliphatic hydroxyl groups excluding tert-OH is 2. The van der Waals surface area contributed by atoms with Crippen LogP contribution >= 0.6 is 0 Å². The summed E-state index contributed by atoms with van der Waals surface area (Å²) in [7, 11) is 3.52. The zero-order valence-electron chi connectivity index (χ0n) is 25.4. The highest BCUT2D eigenvalue weighted by molar-refractivity contribution is 6.30. The number of carboxylic acids is 1. The fourth-order valence-electron chi connectivity index (χ4n) is 4.87. The van der Waals surface area contributed by atoms with E-state index < -0.39 is 76.0 Å². The van der Waals surface area contributed by atoms with Gasteiger partial charge in [-0.1, -0.05) is 34.1 Å². The molecule has 0 aromatic carbocycles. The SMILES string of the molecule is CC[C@@H](C)[C@](C(=O)[C@](C)(O)C(=O)O)(C(=O)[C@@](C)(C(=O)[C@H](CC(C)C)NC)N(C)C(=O)[C@@H](C)O)N(C)C(=O)[C@@H](C)O. The van der Waals surface area contributed by atoms with Crippen LogP contribution in [0.25, 0.3) is 0 Å². The van der Waals surface area contributed by atoms with Gasteiger partial charge in [-0.15, -0.1) is 0 Å². The Kier molecular flexibility index (Phi) is 12.8. The average Bonchev–Trinajstić information content (AvgIpc) is 2.88. The van der Waals surface area contributed by atoms with Crippen LogP contribution in [0.5, 0.6) is 0 Å². The molecule has 0 heterocycles. The highest BCUT2D eigenvalue weighted by Gasteiger charge is 2.67. The summed E-state index contributed by atoms with van der Waals surface area (Å²) in [5.41, 5.74) is -8.67. The minimum atomic E-state index is -3.23. The molecule has 0 bridgehead atoms.